The molecule has 0 heterocycles. The van der Waals surface area contributed by atoms with E-state index in [1.54, 1.807) is 12.1 Å². The molecule has 30 heavy (non-hydrogen) atoms. The Morgan fingerprint density at radius 2 is 1.40 bits per heavy atom. The zero-order valence-corrected chi connectivity index (χ0v) is 18.9. The number of carboxylic acid groups (broad SMARTS) is 1. The second-order valence-electron chi connectivity index (χ2n) is 8.53. The van der Waals surface area contributed by atoms with E-state index in [-0.39, 0.29) is 10.6 Å². The van der Waals surface area contributed by atoms with Crippen molar-refractivity contribution in [3.8, 4) is 0 Å². The van der Waals surface area contributed by atoms with E-state index in [2.05, 4.69) is 20.8 Å². The topological polar surface area (TPSA) is 63.6 Å². The maximum atomic E-state index is 11.8. The largest absolute Gasteiger partial charge is 0.478 e. The van der Waals surface area contributed by atoms with Crippen LogP contribution in [0.2, 0.25) is 5.04 Å². The van der Waals surface area contributed by atoms with Crippen molar-refractivity contribution < 1.29 is 19.1 Å². The molecule has 0 saturated heterocycles. The molecule has 0 aliphatic rings. The van der Waals surface area contributed by atoms with Crippen molar-refractivity contribution >= 4 is 22.0 Å². The zero-order chi connectivity index (χ0) is 21.8. The van der Waals surface area contributed by atoms with E-state index in [0.717, 1.165) is 11.1 Å². The number of benzene rings is 3. The maximum absolute atomic E-state index is 11.8. The molecule has 5 heteroatoms. The molecule has 0 aliphatic heterocycles. The summed E-state index contributed by atoms with van der Waals surface area (Å²) < 4.78 is 6.82. The summed E-state index contributed by atoms with van der Waals surface area (Å²) in [5.41, 5.74) is 1.79. The lowest BCUT2D eigenvalue weighted by Gasteiger charge is -2.38. The van der Waals surface area contributed by atoms with Crippen LogP contribution in [0.15, 0.2) is 78.9 Å². The average Bonchev–Trinajstić information content (AvgIpc) is 2.74. The quantitative estimate of drug-likeness (QED) is 0.340. The highest BCUT2D eigenvalue weighted by Gasteiger charge is 2.39. The minimum absolute atomic E-state index is 0.00665. The van der Waals surface area contributed by atoms with Crippen molar-refractivity contribution in [2.24, 2.45) is 0 Å². The monoisotopic (exact) mass is 418 g/mol. The highest BCUT2D eigenvalue weighted by molar-refractivity contribution is 6.32. The third-order valence-corrected chi connectivity index (χ3v) is 6.27. The number of hydrogen-bond donors (Lipinski definition) is 1. The van der Waals surface area contributed by atoms with E-state index in [9.17, 15) is 14.7 Å². The van der Waals surface area contributed by atoms with Crippen LogP contribution in [0.5, 0.6) is 0 Å². The van der Waals surface area contributed by atoms with Crippen LogP contribution in [-0.2, 0) is 10.0 Å². The predicted octanol–water partition coefficient (Wildman–Crippen LogP) is 4.81. The third-order valence-electron chi connectivity index (χ3n) is 4.83. The predicted molar refractivity (Wildman–Crippen MR) is 121 cm³/mol. The summed E-state index contributed by atoms with van der Waals surface area (Å²) in [4.78, 5) is 23.4. The van der Waals surface area contributed by atoms with Gasteiger partial charge in [0.05, 0.1) is 5.56 Å². The summed E-state index contributed by atoms with van der Waals surface area (Å²) in [6.07, 6.45) is 0.678. The fourth-order valence-corrected chi connectivity index (χ4v) is 4.62. The van der Waals surface area contributed by atoms with Crippen LogP contribution in [0.1, 0.15) is 58.2 Å². The number of carboxylic acids is 1. The van der Waals surface area contributed by atoms with Crippen molar-refractivity contribution in [3.63, 3.8) is 0 Å². The van der Waals surface area contributed by atoms with Crippen molar-refractivity contribution in [2.75, 3.05) is 0 Å². The van der Waals surface area contributed by atoms with Gasteiger partial charge < -0.3 is 9.53 Å². The highest BCUT2D eigenvalue weighted by atomic mass is 28.2. The van der Waals surface area contributed by atoms with Gasteiger partial charge in [-0.2, -0.15) is 0 Å². The Balaban J connectivity index is 2.37. The smallest absolute Gasteiger partial charge is 0.335 e. The molecule has 3 rings (SSSR count). The molecule has 0 unspecified atom stereocenters. The average molecular weight is 419 g/mol. The van der Waals surface area contributed by atoms with Gasteiger partial charge in [-0.15, -0.1) is 0 Å². The zero-order valence-electron chi connectivity index (χ0n) is 17.5. The number of carbonyl (C=O) groups is 2. The fourth-order valence-electron chi connectivity index (χ4n) is 3.47. The Morgan fingerprint density at radius 1 is 0.867 bits per heavy atom. The lowest BCUT2D eigenvalue weighted by Crippen LogP contribution is -2.36. The number of aldehydes is 1. The van der Waals surface area contributed by atoms with E-state index in [0.29, 0.717) is 17.4 Å². The molecule has 1 N–H and O–H groups in total. The number of rotatable bonds is 7. The van der Waals surface area contributed by atoms with Crippen molar-refractivity contribution in [1.82, 2.24) is 0 Å². The van der Waals surface area contributed by atoms with E-state index >= 15 is 0 Å². The van der Waals surface area contributed by atoms with Crippen molar-refractivity contribution in [2.45, 2.75) is 31.4 Å². The molecule has 0 amide bonds. The number of carbonyl (C=O) groups excluding carboxylic acids is 1. The minimum Gasteiger partial charge on any atom is -0.478 e. The van der Waals surface area contributed by atoms with Gasteiger partial charge in [-0.1, -0.05) is 81.4 Å². The summed E-state index contributed by atoms with van der Waals surface area (Å²) in [6, 6.07) is 24.3. The summed E-state index contributed by atoms with van der Waals surface area (Å²) in [5, 5.41) is 9.65. The first-order chi connectivity index (χ1) is 14.3. The van der Waals surface area contributed by atoms with Crippen LogP contribution in [0.3, 0.4) is 0 Å². The van der Waals surface area contributed by atoms with E-state index in [1.165, 1.54) is 6.07 Å². The van der Waals surface area contributed by atoms with Gasteiger partial charge in [-0.25, -0.2) is 4.79 Å². The Kier molecular flexibility index (Phi) is 6.34. The SMILES string of the molecule is CC(C)(C)[SiH2]OC(c1ccccc1)(c1ccccc1)c1cc(C=O)cc(C(=O)O)c1. The van der Waals surface area contributed by atoms with Crippen molar-refractivity contribution in [3.05, 3.63) is 107 Å². The van der Waals surface area contributed by atoms with E-state index in [1.807, 2.05) is 60.7 Å². The lowest BCUT2D eigenvalue weighted by atomic mass is 9.79. The van der Waals surface area contributed by atoms with Crippen LogP contribution in [0.4, 0.5) is 0 Å². The molecule has 3 aromatic carbocycles. The van der Waals surface area contributed by atoms with Crippen LogP contribution in [-0.4, -0.2) is 27.1 Å². The van der Waals surface area contributed by atoms with Gasteiger partial charge in [-0.05, 0) is 39.9 Å². The molecule has 0 atom stereocenters. The Hall–Kier alpha value is -3.02. The second-order valence-corrected chi connectivity index (χ2v) is 11.2. The van der Waals surface area contributed by atoms with Gasteiger partial charge in [0.2, 0.25) is 0 Å². The first-order valence-corrected chi connectivity index (χ1v) is 11.1. The van der Waals surface area contributed by atoms with Gasteiger partial charge in [0.25, 0.3) is 0 Å². The molecular weight excluding hydrogens is 392 g/mol. The molecule has 0 radical (unpaired) electrons. The summed E-state index contributed by atoms with van der Waals surface area (Å²) in [6.45, 7) is 6.43. The molecule has 0 aromatic heterocycles. The lowest BCUT2D eigenvalue weighted by molar-refractivity contribution is 0.0696. The fraction of sp³-hybridized carbons (Fsp3) is 0.200. The maximum Gasteiger partial charge on any atom is 0.335 e. The third kappa shape index (κ3) is 4.58. The number of aromatic carboxylic acids is 1. The molecule has 3 aromatic rings. The van der Waals surface area contributed by atoms with Crippen LogP contribution < -0.4 is 0 Å². The molecular formula is C25H26O4Si. The van der Waals surface area contributed by atoms with E-state index < -0.39 is 21.3 Å². The summed E-state index contributed by atoms with van der Waals surface area (Å²) in [5.74, 6) is -1.08. The first-order valence-electron chi connectivity index (χ1n) is 9.85. The van der Waals surface area contributed by atoms with Crippen LogP contribution >= 0.6 is 0 Å². The van der Waals surface area contributed by atoms with Gasteiger partial charge in [0, 0.05) is 5.56 Å². The summed E-state index contributed by atoms with van der Waals surface area (Å²) >= 11 is 0. The van der Waals surface area contributed by atoms with Crippen molar-refractivity contribution in [1.29, 1.82) is 0 Å². The molecule has 154 valence electrons. The van der Waals surface area contributed by atoms with Gasteiger partial charge in [0.15, 0.2) is 9.76 Å². The molecule has 0 spiro atoms. The molecule has 0 saturated carbocycles. The molecule has 0 bridgehead atoms. The Morgan fingerprint density at radius 3 is 1.83 bits per heavy atom. The van der Waals surface area contributed by atoms with Gasteiger partial charge in [-0.3, -0.25) is 4.79 Å². The second kappa shape index (κ2) is 8.77. The van der Waals surface area contributed by atoms with Crippen LogP contribution in [0.25, 0.3) is 0 Å². The van der Waals surface area contributed by atoms with Crippen LogP contribution in [0, 0.1) is 0 Å². The normalized spacial score (nSPS) is 12.2. The molecule has 0 aliphatic carbocycles. The molecule has 0 fully saturated rings. The standard InChI is InChI=1S/C25H26O4Si/c1-24(2,3)30-29-25(20-10-6-4-7-11-20,21-12-8-5-9-13-21)22-15-18(17-26)14-19(16-22)23(27)28/h4-17H,30H2,1-3H3,(H,27,28). The summed E-state index contributed by atoms with van der Waals surface area (Å²) in [7, 11) is -1.07. The highest BCUT2D eigenvalue weighted by Crippen LogP contribution is 2.42. The Labute approximate surface area is 179 Å². The first kappa shape index (κ1) is 21.7. The Bertz CT molecular complexity index is 985. The number of hydrogen-bond acceptors (Lipinski definition) is 3. The molecule has 4 nitrogen and oxygen atoms in total. The van der Waals surface area contributed by atoms with Gasteiger partial charge in [0.1, 0.15) is 11.9 Å². The van der Waals surface area contributed by atoms with Gasteiger partial charge >= 0.3 is 5.97 Å². The minimum atomic E-state index is -1.08. The van der Waals surface area contributed by atoms with E-state index in [4.69, 9.17) is 4.43 Å².